The van der Waals surface area contributed by atoms with Crippen molar-refractivity contribution in [3.63, 3.8) is 0 Å². The molecule has 0 saturated carbocycles. The van der Waals surface area contributed by atoms with Gasteiger partial charge in [0.05, 0.1) is 0 Å². The maximum Gasteiger partial charge on any atom is 0.231 e. The second-order valence-corrected chi connectivity index (χ2v) is 4.50. The van der Waals surface area contributed by atoms with E-state index >= 15 is 0 Å². The highest BCUT2D eigenvalue weighted by Crippen LogP contribution is 2.32. The summed E-state index contributed by atoms with van der Waals surface area (Å²) in [5.41, 5.74) is 0.995. The molecular weight excluding hydrogens is 204 g/mol. The van der Waals surface area contributed by atoms with Gasteiger partial charge in [-0.15, -0.1) is 0 Å². The van der Waals surface area contributed by atoms with Crippen molar-refractivity contribution >= 4 is 5.78 Å². The Morgan fingerprint density at radius 3 is 2.81 bits per heavy atom. The minimum atomic E-state index is 0.272. The summed E-state index contributed by atoms with van der Waals surface area (Å²) < 4.78 is 10.5. The van der Waals surface area contributed by atoms with Crippen molar-refractivity contribution in [2.45, 2.75) is 26.7 Å². The molecule has 0 aromatic heterocycles. The third kappa shape index (κ3) is 2.54. The molecule has 0 radical (unpaired) electrons. The van der Waals surface area contributed by atoms with E-state index in [1.54, 1.807) is 0 Å². The Kier molecular flexibility index (Phi) is 3.13. The lowest BCUT2D eigenvalue weighted by atomic mass is 10.0. The van der Waals surface area contributed by atoms with Gasteiger partial charge in [-0.2, -0.15) is 0 Å². The quantitative estimate of drug-likeness (QED) is 0.782. The highest BCUT2D eigenvalue weighted by atomic mass is 16.7. The fourth-order valence-electron chi connectivity index (χ4n) is 1.81. The molecule has 1 aliphatic heterocycles. The second-order valence-electron chi connectivity index (χ2n) is 4.50. The summed E-state index contributed by atoms with van der Waals surface area (Å²) in [7, 11) is 0. The van der Waals surface area contributed by atoms with Crippen LogP contribution in [-0.2, 0) is 11.2 Å². The first-order valence-electron chi connectivity index (χ1n) is 5.55. The number of hydrogen-bond acceptors (Lipinski definition) is 3. The summed E-state index contributed by atoms with van der Waals surface area (Å²) in [6.45, 7) is 4.38. The normalized spacial score (nSPS) is 13.2. The van der Waals surface area contributed by atoms with E-state index in [-0.39, 0.29) is 12.6 Å². The van der Waals surface area contributed by atoms with E-state index < -0.39 is 0 Å². The van der Waals surface area contributed by atoms with Gasteiger partial charge in [0.1, 0.15) is 5.78 Å². The van der Waals surface area contributed by atoms with Crippen LogP contribution in [0, 0.1) is 5.92 Å². The summed E-state index contributed by atoms with van der Waals surface area (Å²) >= 11 is 0. The van der Waals surface area contributed by atoms with E-state index in [2.05, 4.69) is 13.8 Å². The van der Waals surface area contributed by atoms with Crippen LogP contribution in [0.3, 0.4) is 0 Å². The Morgan fingerprint density at radius 1 is 1.31 bits per heavy atom. The van der Waals surface area contributed by atoms with Crippen LogP contribution in [0.15, 0.2) is 18.2 Å². The van der Waals surface area contributed by atoms with Gasteiger partial charge in [-0.3, -0.25) is 4.79 Å². The Labute approximate surface area is 95.4 Å². The first-order chi connectivity index (χ1) is 7.65. The van der Waals surface area contributed by atoms with Crippen molar-refractivity contribution < 1.29 is 14.3 Å². The number of ketones is 1. The average Bonchev–Trinajstić information content (AvgIpc) is 2.63. The lowest BCUT2D eigenvalue weighted by Gasteiger charge is -2.04. The molecule has 1 heterocycles. The first-order valence-corrected chi connectivity index (χ1v) is 5.55. The lowest BCUT2D eigenvalue weighted by Crippen LogP contribution is -2.06. The SMILES string of the molecule is CC(C)CC(=O)Cc1ccc2c(c1)OCO2. The van der Waals surface area contributed by atoms with Crippen LogP contribution in [0.4, 0.5) is 0 Å². The fraction of sp³-hybridized carbons (Fsp3) is 0.462. The number of carbonyl (C=O) groups is 1. The van der Waals surface area contributed by atoms with Crippen LogP contribution < -0.4 is 9.47 Å². The average molecular weight is 220 g/mol. The largest absolute Gasteiger partial charge is 0.454 e. The summed E-state index contributed by atoms with van der Waals surface area (Å²) in [5, 5.41) is 0. The second kappa shape index (κ2) is 4.56. The molecule has 0 fully saturated rings. The van der Waals surface area contributed by atoms with E-state index in [1.165, 1.54) is 0 Å². The molecule has 0 N–H and O–H groups in total. The van der Waals surface area contributed by atoms with Crippen LogP contribution in [0.2, 0.25) is 0 Å². The highest BCUT2D eigenvalue weighted by molar-refractivity contribution is 5.81. The van der Waals surface area contributed by atoms with Crippen molar-refractivity contribution in [2.24, 2.45) is 5.92 Å². The number of ether oxygens (including phenoxy) is 2. The molecule has 3 heteroatoms. The molecule has 86 valence electrons. The molecule has 0 bridgehead atoms. The minimum Gasteiger partial charge on any atom is -0.454 e. The molecule has 2 rings (SSSR count). The first kappa shape index (κ1) is 11.0. The lowest BCUT2D eigenvalue weighted by molar-refractivity contribution is -0.119. The number of benzene rings is 1. The van der Waals surface area contributed by atoms with Gasteiger partial charge in [-0.05, 0) is 23.6 Å². The number of carbonyl (C=O) groups excluding carboxylic acids is 1. The van der Waals surface area contributed by atoms with Gasteiger partial charge >= 0.3 is 0 Å². The van der Waals surface area contributed by atoms with E-state index in [9.17, 15) is 4.79 Å². The van der Waals surface area contributed by atoms with Crippen LogP contribution in [-0.4, -0.2) is 12.6 Å². The topological polar surface area (TPSA) is 35.5 Å². The molecule has 0 spiro atoms. The van der Waals surface area contributed by atoms with Gasteiger partial charge in [-0.25, -0.2) is 0 Å². The Morgan fingerprint density at radius 2 is 2.06 bits per heavy atom. The van der Waals surface area contributed by atoms with Crippen LogP contribution in [0.5, 0.6) is 11.5 Å². The number of hydrogen-bond donors (Lipinski definition) is 0. The van der Waals surface area contributed by atoms with Crippen molar-refractivity contribution in [2.75, 3.05) is 6.79 Å². The molecule has 16 heavy (non-hydrogen) atoms. The number of Topliss-reactive ketones (excluding diaryl/α,β-unsaturated/α-hetero) is 1. The Hall–Kier alpha value is -1.51. The molecule has 0 atom stereocenters. The van der Waals surface area contributed by atoms with E-state index in [0.717, 1.165) is 17.1 Å². The standard InChI is InChI=1S/C13H16O3/c1-9(2)5-11(14)6-10-3-4-12-13(7-10)16-8-15-12/h3-4,7,9H,5-6,8H2,1-2H3. The molecule has 0 unspecified atom stereocenters. The van der Waals surface area contributed by atoms with Crippen LogP contribution >= 0.6 is 0 Å². The van der Waals surface area contributed by atoms with Crippen molar-refractivity contribution in [3.05, 3.63) is 23.8 Å². The van der Waals surface area contributed by atoms with Gasteiger partial charge < -0.3 is 9.47 Å². The fourth-order valence-corrected chi connectivity index (χ4v) is 1.81. The minimum absolute atomic E-state index is 0.272. The van der Waals surface area contributed by atoms with Gasteiger partial charge in [0.25, 0.3) is 0 Å². The Bertz CT molecular complexity index is 396. The van der Waals surface area contributed by atoms with Gasteiger partial charge in [-0.1, -0.05) is 19.9 Å². The molecule has 1 aromatic rings. The number of rotatable bonds is 4. The van der Waals surface area contributed by atoms with Gasteiger partial charge in [0.15, 0.2) is 11.5 Å². The maximum absolute atomic E-state index is 11.7. The zero-order valence-corrected chi connectivity index (χ0v) is 9.66. The van der Waals surface area contributed by atoms with Crippen molar-refractivity contribution in [3.8, 4) is 11.5 Å². The van der Waals surface area contributed by atoms with Gasteiger partial charge in [0, 0.05) is 12.8 Å². The molecular formula is C13H16O3. The molecule has 0 amide bonds. The molecule has 0 saturated heterocycles. The summed E-state index contributed by atoms with van der Waals surface area (Å²) in [6.07, 6.45) is 1.11. The summed E-state index contributed by atoms with van der Waals surface area (Å²) in [6, 6.07) is 5.67. The van der Waals surface area contributed by atoms with E-state index in [4.69, 9.17) is 9.47 Å². The van der Waals surface area contributed by atoms with E-state index in [0.29, 0.717) is 18.8 Å². The monoisotopic (exact) mass is 220 g/mol. The summed E-state index contributed by atoms with van der Waals surface area (Å²) in [4.78, 5) is 11.7. The third-order valence-corrected chi connectivity index (χ3v) is 2.47. The van der Waals surface area contributed by atoms with Crippen LogP contribution in [0.1, 0.15) is 25.8 Å². The zero-order valence-electron chi connectivity index (χ0n) is 9.66. The molecule has 1 aliphatic rings. The molecule has 0 aliphatic carbocycles. The number of fused-ring (bicyclic) bond motifs is 1. The molecule has 3 nitrogen and oxygen atoms in total. The maximum atomic E-state index is 11.7. The highest BCUT2D eigenvalue weighted by Gasteiger charge is 2.14. The van der Waals surface area contributed by atoms with Gasteiger partial charge in [0.2, 0.25) is 6.79 Å². The molecule has 1 aromatic carbocycles. The summed E-state index contributed by atoms with van der Waals surface area (Å²) in [5.74, 6) is 2.20. The predicted octanol–water partition coefficient (Wildman–Crippen LogP) is 2.57. The van der Waals surface area contributed by atoms with Crippen molar-refractivity contribution in [1.29, 1.82) is 0 Å². The zero-order chi connectivity index (χ0) is 11.5. The Balaban J connectivity index is 2.02. The van der Waals surface area contributed by atoms with Crippen LogP contribution in [0.25, 0.3) is 0 Å². The smallest absolute Gasteiger partial charge is 0.231 e. The predicted molar refractivity (Wildman–Crippen MR) is 60.7 cm³/mol. The van der Waals surface area contributed by atoms with E-state index in [1.807, 2.05) is 18.2 Å². The third-order valence-electron chi connectivity index (χ3n) is 2.47. The van der Waals surface area contributed by atoms with Crippen molar-refractivity contribution in [1.82, 2.24) is 0 Å².